The fraction of sp³-hybridized carbons (Fsp3) is 0.167. The summed E-state index contributed by atoms with van der Waals surface area (Å²) in [4.78, 5) is 0. The van der Waals surface area contributed by atoms with Crippen molar-refractivity contribution in [3.8, 4) is 0 Å². The standard InChI is InChI=1S/C12H11Si.2C6H7.2ClH.Zr/c1-3-7-11(8-4-1)13-12-9-5-2-6-10-12;2*1-6-4-2-3-5-6;;;/h1-10,13H;2*2,4H,3H2,1H3;2*1H;. The van der Waals surface area contributed by atoms with Crippen molar-refractivity contribution in [3.05, 3.63) is 103 Å². The Hall–Kier alpha value is -0.920. The minimum Gasteiger partial charge on any atom is -0.147 e. The molecular weight excluding hydrogens is 478 g/mol. The van der Waals surface area contributed by atoms with Gasteiger partial charge in [-0.3, -0.25) is 0 Å². The van der Waals surface area contributed by atoms with Gasteiger partial charge in [-0.25, -0.2) is 0 Å². The normalized spacial score (nSPS) is 15.1. The molecule has 2 aromatic rings. The molecule has 0 saturated heterocycles. The Bertz CT molecular complexity index is 839. The predicted molar refractivity (Wildman–Crippen MR) is 127 cm³/mol. The van der Waals surface area contributed by atoms with Crippen LogP contribution in [0.5, 0.6) is 0 Å². The molecule has 0 unspecified atom stereocenters. The van der Waals surface area contributed by atoms with E-state index in [0.717, 1.165) is 0 Å². The van der Waals surface area contributed by atoms with Gasteiger partial charge in [0.15, 0.2) is 0 Å². The van der Waals surface area contributed by atoms with Gasteiger partial charge in [-0.05, 0) is 0 Å². The number of allylic oxidation sites excluding steroid dienone is 8. The zero-order valence-electron chi connectivity index (χ0n) is 16.4. The first kappa shape index (κ1) is 23.4. The second-order valence-corrected chi connectivity index (χ2v) is 22.1. The van der Waals surface area contributed by atoms with E-state index < -0.39 is 26.8 Å². The van der Waals surface area contributed by atoms with Crippen molar-refractivity contribution in [1.29, 1.82) is 0 Å². The van der Waals surface area contributed by atoms with E-state index in [1.807, 2.05) is 6.56 Å². The Kier molecular flexibility index (Phi) is 8.96. The minimum atomic E-state index is -2.00. The van der Waals surface area contributed by atoms with Crippen LogP contribution in [-0.4, -0.2) is 5.92 Å². The van der Waals surface area contributed by atoms with E-state index in [1.54, 1.807) is 21.5 Å². The first-order chi connectivity index (χ1) is 12.8. The van der Waals surface area contributed by atoms with Crippen LogP contribution in [0.4, 0.5) is 0 Å². The van der Waals surface area contributed by atoms with Crippen LogP contribution >= 0.6 is 24.8 Å². The third-order valence-corrected chi connectivity index (χ3v) is 27.7. The number of halogens is 2. The molecular formula is C24H27Cl2SiZr. The molecule has 0 amide bonds. The first-order valence-electron chi connectivity index (χ1n) is 9.46. The van der Waals surface area contributed by atoms with Gasteiger partial charge in [0, 0.05) is 0 Å². The molecule has 0 aromatic heterocycles. The Labute approximate surface area is 190 Å². The van der Waals surface area contributed by atoms with Crippen molar-refractivity contribution < 1.29 is 20.9 Å². The van der Waals surface area contributed by atoms with E-state index in [2.05, 4.69) is 98.8 Å². The van der Waals surface area contributed by atoms with Gasteiger partial charge in [0.2, 0.25) is 0 Å². The molecule has 0 spiro atoms. The summed E-state index contributed by atoms with van der Waals surface area (Å²) >= 11 is -2.00. The number of benzene rings is 2. The van der Waals surface area contributed by atoms with Gasteiger partial charge in [0.25, 0.3) is 0 Å². The first-order valence-corrected chi connectivity index (χ1v) is 17.9. The van der Waals surface area contributed by atoms with Crippen LogP contribution in [-0.2, 0) is 20.9 Å². The summed E-state index contributed by atoms with van der Waals surface area (Å²) in [5.74, 6) is -1.25. The summed E-state index contributed by atoms with van der Waals surface area (Å²) in [6.45, 7) is 4.69. The van der Waals surface area contributed by atoms with E-state index in [0.29, 0.717) is 0 Å². The molecule has 0 heterocycles. The topological polar surface area (TPSA) is 0 Å². The predicted octanol–water partition coefficient (Wildman–Crippen LogP) is 5.45. The molecule has 2 aliphatic rings. The fourth-order valence-electron chi connectivity index (χ4n) is 4.22. The van der Waals surface area contributed by atoms with Crippen LogP contribution in [0.2, 0.25) is 0 Å². The molecule has 0 aliphatic heterocycles. The van der Waals surface area contributed by atoms with Gasteiger partial charge in [0.1, 0.15) is 0 Å². The largest absolute Gasteiger partial charge is 0.147 e. The number of hydrogen-bond donors (Lipinski definition) is 0. The van der Waals surface area contributed by atoms with Crippen molar-refractivity contribution in [3.63, 3.8) is 0 Å². The van der Waals surface area contributed by atoms with Crippen LogP contribution in [0.1, 0.15) is 26.7 Å². The average molecular weight is 506 g/mol. The quantitative estimate of drug-likeness (QED) is 0.474. The van der Waals surface area contributed by atoms with E-state index >= 15 is 0 Å². The van der Waals surface area contributed by atoms with Gasteiger partial charge in [0.05, 0.1) is 0 Å². The Morgan fingerprint density at radius 3 is 1.36 bits per heavy atom. The van der Waals surface area contributed by atoms with Crippen LogP contribution in [0.3, 0.4) is 0 Å². The molecule has 0 N–H and O–H groups in total. The monoisotopic (exact) mass is 503 g/mol. The zero-order valence-corrected chi connectivity index (χ0v) is 21.6. The van der Waals surface area contributed by atoms with E-state index in [1.165, 1.54) is 12.8 Å². The van der Waals surface area contributed by atoms with E-state index in [-0.39, 0.29) is 24.8 Å². The molecule has 28 heavy (non-hydrogen) atoms. The van der Waals surface area contributed by atoms with Gasteiger partial charge in [-0.15, -0.1) is 24.8 Å². The molecule has 4 heteroatoms. The summed E-state index contributed by atoms with van der Waals surface area (Å²) in [6, 6.07) is 22.9. The van der Waals surface area contributed by atoms with Crippen LogP contribution in [0.25, 0.3) is 0 Å². The summed E-state index contributed by atoms with van der Waals surface area (Å²) in [5, 5.41) is 3.26. The molecule has 4 rings (SSSR count). The Balaban J connectivity index is 0.00000140. The molecule has 0 nitrogen and oxygen atoms in total. The molecule has 0 bridgehead atoms. The molecule has 145 valence electrons. The zero-order chi connectivity index (χ0) is 17.9. The fourth-order valence-corrected chi connectivity index (χ4v) is 29.2. The Morgan fingerprint density at radius 1 is 0.643 bits per heavy atom. The van der Waals surface area contributed by atoms with E-state index in [9.17, 15) is 0 Å². The molecule has 2 aromatic carbocycles. The minimum absolute atomic E-state index is 0. The maximum Gasteiger partial charge on any atom is -0.147 e. The molecule has 0 radical (unpaired) electrons. The summed E-state index contributed by atoms with van der Waals surface area (Å²) in [5.41, 5.74) is 3.13. The summed E-state index contributed by atoms with van der Waals surface area (Å²) in [6.07, 6.45) is 11.9. The van der Waals surface area contributed by atoms with Gasteiger partial charge < -0.3 is 0 Å². The molecule has 2 aliphatic carbocycles. The number of hydrogen-bond acceptors (Lipinski definition) is 0. The van der Waals surface area contributed by atoms with Crippen LogP contribution < -0.4 is 10.4 Å². The average Bonchev–Trinajstić information content (AvgIpc) is 3.29. The maximum atomic E-state index is 2.40. The van der Waals surface area contributed by atoms with Crippen LogP contribution in [0, 0.1) is 0 Å². The third kappa shape index (κ3) is 4.79. The molecule has 0 fully saturated rings. The Morgan fingerprint density at radius 2 is 1.04 bits per heavy atom. The van der Waals surface area contributed by atoms with Gasteiger partial charge in [-0.1, -0.05) is 0 Å². The van der Waals surface area contributed by atoms with Gasteiger partial charge >= 0.3 is 167 Å². The number of rotatable bonds is 5. The smallest absolute Gasteiger partial charge is 0.147 e. The SMILES string of the molecule is CC1=[C]([Zr]([C]2=C(C)C=CC2)[SiH](c2ccccc2)c2ccccc2)CC=C1.Cl.Cl. The van der Waals surface area contributed by atoms with Crippen molar-refractivity contribution in [2.24, 2.45) is 0 Å². The summed E-state index contributed by atoms with van der Waals surface area (Å²) in [7, 11) is 0. The molecule has 0 saturated carbocycles. The van der Waals surface area contributed by atoms with Crippen molar-refractivity contribution >= 4 is 41.1 Å². The van der Waals surface area contributed by atoms with Gasteiger partial charge in [-0.2, -0.15) is 0 Å². The van der Waals surface area contributed by atoms with Crippen LogP contribution in [0.15, 0.2) is 103 Å². The van der Waals surface area contributed by atoms with Crippen molar-refractivity contribution in [1.82, 2.24) is 0 Å². The maximum absolute atomic E-state index is 2.40. The third-order valence-electron chi connectivity index (χ3n) is 5.54. The van der Waals surface area contributed by atoms with E-state index in [4.69, 9.17) is 0 Å². The molecule has 0 atom stereocenters. The second-order valence-electron chi connectivity index (χ2n) is 7.20. The summed E-state index contributed by atoms with van der Waals surface area (Å²) < 4.78 is 3.68. The van der Waals surface area contributed by atoms with Crippen molar-refractivity contribution in [2.75, 3.05) is 0 Å². The van der Waals surface area contributed by atoms with Crippen molar-refractivity contribution in [2.45, 2.75) is 26.7 Å². The second kappa shape index (κ2) is 10.7.